The first-order valence-electron chi connectivity index (χ1n) is 6.42. The first kappa shape index (κ1) is 13.3. The van der Waals surface area contributed by atoms with Crippen LogP contribution in [0.2, 0.25) is 0 Å². The van der Waals surface area contributed by atoms with Crippen molar-refractivity contribution < 1.29 is 9.53 Å². The minimum absolute atomic E-state index is 0.201. The summed E-state index contributed by atoms with van der Waals surface area (Å²) in [6, 6.07) is 18.3. The van der Waals surface area contributed by atoms with E-state index in [9.17, 15) is 4.79 Å². The van der Waals surface area contributed by atoms with Gasteiger partial charge in [-0.3, -0.25) is 4.79 Å². The molecule has 0 saturated carbocycles. The monoisotopic (exact) mass is 254 g/mol. The molecule has 98 valence electrons. The molecule has 0 N–H and O–H groups in total. The van der Waals surface area contributed by atoms with E-state index in [1.54, 1.807) is 0 Å². The minimum Gasteiger partial charge on any atom is -0.469 e. The fraction of sp³-hybridized carbons (Fsp3) is 0.235. The highest BCUT2D eigenvalue weighted by Crippen LogP contribution is 2.27. The molecule has 0 aromatic heterocycles. The number of carbonyl (C=O) groups excluding carboxylic acids is 1. The summed E-state index contributed by atoms with van der Waals surface area (Å²) in [6.45, 7) is 2.16. The number of ether oxygens (including phenoxy) is 1. The largest absolute Gasteiger partial charge is 0.469 e. The summed E-state index contributed by atoms with van der Waals surface area (Å²) < 4.78 is 4.76. The minimum atomic E-state index is -0.201. The van der Waals surface area contributed by atoms with Crippen LogP contribution in [0, 0.1) is 0 Å². The normalized spacial score (nSPS) is 11.9. The van der Waals surface area contributed by atoms with Gasteiger partial charge in [-0.15, -0.1) is 0 Å². The van der Waals surface area contributed by atoms with Crippen molar-refractivity contribution in [1.82, 2.24) is 0 Å². The predicted octanol–water partition coefficient (Wildman–Crippen LogP) is 3.55. The van der Waals surface area contributed by atoms with E-state index in [1.807, 2.05) is 36.4 Å². The fourth-order valence-corrected chi connectivity index (χ4v) is 2.27. The molecule has 0 aliphatic carbocycles. The molecule has 0 bridgehead atoms. The topological polar surface area (TPSA) is 26.3 Å². The van der Waals surface area contributed by atoms with Crippen LogP contribution in [0.15, 0.2) is 54.6 Å². The lowest BCUT2D eigenvalue weighted by Gasteiger charge is -2.16. The van der Waals surface area contributed by atoms with E-state index in [-0.39, 0.29) is 11.9 Å². The molecule has 0 spiro atoms. The summed E-state index contributed by atoms with van der Waals surface area (Å²) >= 11 is 0. The highest BCUT2D eigenvalue weighted by molar-refractivity contribution is 5.73. The quantitative estimate of drug-likeness (QED) is 0.780. The summed E-state index contributed by atoms with van der Waals surface area (Å²) in [4.78, 5) is 11.5. The van der Waals surface area contributed by atoms with Crippen molar-refractivity contribution in [2.45, 2.75) is 19.3 Å². The van der Waals surface area contributed by atoms with Gasteiger partial charge in [-0.1, -0.05) is 61.5 Å². The van der Waals surface area contributed by atoms with E-state index in [0.29, 0.717) is 6.42 Å². The average molecular weight is 254 g/mol. The first-order chi connectivity index (χ1) is 9.22. The Bertz CT molecular complexity index is 546. The molecule has 0 radical (unpaired) electrons. The van der Waals surface area contributed by atoms with Crippen molar-refractivity contribution in [2.24, 2.45) is 0 Å². The Labute approximate surface area is 114 Å². The second-order valence-electron chi connectivity index (χ2n) is 4.58. The van der Waals surface area contributed by atoms with E-state index in [2.05, 4.69) is 25.1 Å². The number of esters is 1. The molecule has 0 aliphatic heterocycles. The molecule has 2 rings (SSSR count). The molecule has 0 heterocycles. The van der Waals surface area contributed by atoms with Gasteiger partial charge in [-0.05, 0) is 16.7 Å². The molecular weight excluding hydrogens is 236 g/mol. The van der Waals surface area contributed by atoms with E-state index in [1.165, 1.54) is 18.2 Å². The van der Waals surface area contributed by atoms with Crippen LogP contribution in [0.25, 0.3) is 0 Å². The van der Waals surface area contributed by atoms with Crippen molar-refractivity contribution in [1.29, 1.82) is 0 Å². The molecule has 2 aromatic carbocycles. The smallest absolute Gasteiger partial charge is 0.309 e. The second-order valence-corrected chi connectivity index (χ2v) is 4.58. The van der Waals surface area contributed by atoms with Crippen LogP contribution in [0.5, 0.6) is 0 Å². The van der Waals surface area contributed by atoms with Crippen molar-refractivity contribution in [3.63, 3.8) is 0 Å². The SMILES string of the molecule is COC(=O)Cc1ccccc1[C@@H](C)c1ccccc1. The third kappa shape index (κ3) is 3.22. The van der Waals surface area contributed by atoms with Gasteiger partial charge >= 0.3 is 5.97 Å². The van der Waals surface area contributed by atoms with Crippen molar-refractivity contribution in [3.05, 3.63) is 71.3 Å². The Morgan fingerprint density at radius 1 is 1.05 bits per heavy atom. The summed E-state index contributed by atoms with van der Waals surface area (Å²) in [6.07, 6.45) is 0.323. The van der Waals surface area contributed by atoms with Gasteiger partial charge in [0.1, 0.15) is 0 Å². The zero-order valence-electron chi connectivity index (χ0n) is 11.3. The molecule has 0 fully saturated rings. The highest BCUT2D eigenvalue weighted by atomic mass is 16.5. The van der Waals surface area contributed by atoms with Gasteiger partial charge in [0.15, 0.2) is 0 Å². The molecule has 2 nitrogen and oxygen atoms in total. The van der Waals surface area contributed by atoms with Crippen molar-refractivity contribution >= 4 is 5.97 Å². The standard InChI is InChI=1S/C17H18O2/c1-13(14-8-4-3-5-9-14)16-11-7-6-10-15(16)12-17(18)19-2/h3-11,13H,12H2,1-2H3/t13-/m0/s1. The number of carbonyl (C=O) groups is 1. The Kier molecular flexibility index (Phi) is 4.35. The van der Waals surface area contributed by atoms with E-state index < -0.39 is 0 Å². The lowest BCUT2D eigenvalue weighted by molar-refractivity contribution is -0.139. The van der Waals surface area contributed by atoms with Crippen LogP contribution < -0.4 is 0 Å². The molecule has 0 saturated heterocycles. The van der Waals surface area contributed by atoms with E-state index in [4.69, 9.17) is 4.74 Å². The zero-order chi connectivity index (χ0) is 13.7. The Morgan fingerprint density at radius 2 is 1.68 bits per heavy atom. The number of rotatable bonds is 4. The Balaban J connectivity index is 2.31. The van der Waals surface area contributed by atoms with Gasteiger partial charge in [-0.2, -0.15) is 0 Å². The van der Waals surface area contributed by atoms with E-state index in [0.717, 1.165) is 5.56 Å². The molecule has 0 amide bonds. The number of hydrogen-bond donors (Lipinski definition) is 0. The summed E-state index contributed by atoms with van der Waals surface area (Å²) in [5.74, 6) is 0.0646. The van der Waals surface area contributed by atoms with Crippen LogP contribution in [-0.2, 0) is 16.0 Å². The van der Waals surface area contributed by atoms with Gasteiger partial charge in [0.25, 0.3) is 0 Å². The molecular formula is C17H18O2. The molecule has 2 aromatic rings. The number of benzene rings is 2. The maximum atomic E-state index is 11.5. The van der Waals surface area contributed by atoms with Gasteiger partial charge in [0, 0.05) is 5.92 Å². The molecule has 0 unspecified atom stereocenters. The second kappa shape index (κ2) is 6.19. The molecule has 0 aliphatic rings. The Morgan fingerprint density at radius 3 is 2.37 bits per heavy atom. The van der Waals surface area contributed by atoms with Gasteiger partial charge in [-0.25, -0.2) is 0 Å². The van der Waals surface area contributed by atoms with Crippen molar-refractivity contribution in [2.75, 3.05) is 7.11 Å². The highest BCUT2D eigenvalue weighted by Gasteiger charge is 2.14. The van der Waals surface area contributed by atoms with Crippen LogP contribution in [0.1, 0.15) is 29.5 Å². The van der Waals surface area contributed by atoms with Gasteiger partial charge < -0.3 is 4.74 Å². The molecule has 1 atom stereocenters. The predicted molar refractivity (Wildman–Crippen MR) is 76.1 cm³/mol. The first-order valence-corrected chi connectivity index (χ1v) is 6.42. The third-order valence-electron chi connectivity index (χ3n) is 3.38. The van der Waals surface area contributed by atoms with Crippen molar-refractivity contribution in [3.8, 4) is 0 Å². The lowest BCUT2D eigenvalue weighted by Crippen LogP contribution is -2.08. The Hall–Kier alpha value is -2.09. The zero-order valence-corrected chi connectivity index (χ0v) is 11.3. The molecule has 19 heavy (non-hydrogen) atoms. The summed E-state index contributed by atoms with van der Waals surface area (Å²) in [5, 5.41) is 0. The summed E-state index contributed by atoms with van der Waals surface area (Å²) in [7, 11) is 1.42. The van der Waals surface area contributed by atoms with Gasteiger partial charge in [0.2, 0.25) is 0 Å². The third-order valence-corrected chi connectivity index (χ3v) is 3.38. The maximum Gasteiger partial charge on any atom is 0.309 e. The maximum absolute atomic E-state index is 11.5. The van der Waals surface area contributed by atoms with Crippen LogP contribution in [-0.4, -0.2) is 13.1 Å². The number of methoxy groups -OCH3 is 1. The average Bonchev–Trinajstić information content (AvgIpc) is 2.48. The van der Waals surface area contributed by atoms with E-state index >= 15 is 0 Å². The lowest BCUT2D eigenvalue weighted by atomic mass is 9.89. The van der Waals surface area contributed by atoms with Crippen LogP contribution >= 0.6 is 0 Å². The fourth-order valence-electron chi connectivity index (χ4n) is 2.27. The van der Waals surface area contributed by atoms with Gasteiger partial charge in [0.05, 0.1) is 13.5 Å². The molecule has 2 heteroatoms. The summed E-state index contributed by atoms with van der Waals surface area (Å²) in [5.41, 5.74) is 3.46. The van der Waals surface area contributed by atoms with Crippen LogP contribution in [0.4, 0.5) is 0 Å². The number of hydrogen-bond acceptors (Lipinski definition) is 2. The van der Waals surface area contributed by atoms with Crippen LogP contribution in [0.3, 0.4) is 0 Å².